The summed E-state index contributed by atoms with van der Waals surface area (Å²) in [4.78, 5) is 4.19. The lowest BCUT2D eigenvalue weighted by atomic mass is 10.1. The minimum Gasteiger partial charge on any atom is -0.491 e. The highest BCUT2D eigenvalue weighted by atomic mass is 32.2. The second-order valence-corrected chi connectivity index (χ2v) is 8.94. The molecule has 3 N–H and O–H groups in total. The second kappa shape index (κ2) is 11.2. The van der Waals surface area contributed by atoms with Crippen molar-refractivity contribution < 1.29 is 17.9 Å². The van der Waals surface area contributed by atoms with Crippen LogP contribution in [0.4, 0.5) is 0 Å². The molecule has 0 amide bonds. The molecule has 0 fully saturated rings. The Balaban J connectivity index is 2.65. The van der Waals surface area contributed by atoms with Gasteiger partial charge in [-0.1, -0.05) is 12.1 Å². The average Bonchev–Trinajstić information content (AvgIpc) is 2.58. The first-order chi connectivity index (χ1) is 13.1. The Bertz CT molecular complexity index is 748. The molecule has 0 unspecified atom stereocenters. The van der Waals surface area contributed by atoms with Crippen LogP contribution in [0.1, 0.15) is 31.9 Å². The topological polar surface area (TPSA) is 101 Å². The molecule has 0 radical (unpaired) electrons. The highest BCUT2D eigenvalue weighted by Gasteiger charge is 2.22. The Morgan fingerprint density at radius 1 is 1.21 bits per heavy atom. The van der Waals surface area contributed by atoms with Gasteiger partial charge in [-0.05, 0) is 39.3 Å². The first-order valence-electron chi connectivity index (χ1n) is 9.30. The number of ether oxygens (including phenoxy) is 2. The maximum absolute atomic E-state index is 11.5. The Morgan fingerprint density at radius 2 is 1.93 bits per heavy atom. The summed E-state index contributed by atoms with van der Waals surface area (Å²) < 4.78 is 36.7. The molecule has 0 saturated heterocycles. The largest absolute Gasteiger partial charge is 0.491 e. The van der Waals surface area contributed by atoms with Crippen molar-refractivity contribution in [1.82, 2.24) is 15.4 Å². The fraction of sp³-hybridized carbons (Fsp3) is 0.632. The molecule has 0 atom stereocenters. The fourth-order valence-electron chi connectivity index (χ4n) is 2.54. The van der Waals surface area contributed by atoms with E-state index in [1.54, 1.807) is 20.9 Å². The van der Waals surface area contributed by atoms with E-state index in [0.29, 0.717) is 38.9 Å². The quantitative estimate of drug-likeness (QED) is 0.287. The maximum atomic E-state index is 11.5. The van der Waals surface area contributed by atoms with Crippen LogP contribution in [0.15, 0.2) is 23.2 Å². The number of guanidine groups is 1. The first kappa shape index (κ1) is 24.2. The molecule has 1 aromatic rings. The number of hydrogen-bond donors (Lipinski definition) is 3. The lowest BCUT2D eigenvalue weighted by molar-refractivity contribution is 0.110. The van der Waals surface area contributed by atoms with Gasteiger partial charge in [0, 0.05) is 37.8 Å². The minimum absolute atomic E-state index is 0.380. The molecule has 0 aliphatic heterocycles. The van der Waals surface area contributed by atoms with Gasteiger partial charge in [0.15, 0.2) is 5.96 Å². The van der Waals surface area contributed by atoms with Crippen molar-refractivity contribution >= 4 is 16.0 Å². The zero-order valence-corrected chi connectivity index (χ0v) is 18.6. The van der Waals surface area contributed by atoms with Crippen molar-refractivity contribution in [3.05, 3.63) is 29.3 Å². The Kier molecular flexibility index (Phi) is 9.71. The number of aliphatic imine (C=N–C) groups is 1. The van der Waals surface area contributed by atoms with Crippen LogP contribution in [0.25, 0.3) is 0 Å². The number of rotatable bonds is 11. The average molecular weight is 415 g/mol. The van der Waals surface area contributed by atoms with E-state index in [4.69, 9.17) is 9.47 Å². The maximum Gasteiger partial charge on any atom is 0.209 e. The SMILES string of the molecule is CCOCCOc1cc(C)ccc1CNC(=NC)NCC(C)(C)NS(C)(=O)=O. The van der Waals surface area contributed by atoms with E-state index in [1.165, 1.54) is 0 Å². The first-order valence-corrected chi connectivity index (χ1v) is 11.2. The molecule has 0 aliphatic carbocycles. The molecule has 9 heteroatoms. The molecule has 28 heavy (non-hydrogen) atoms. The summed E-state index contributed by atoms with van der Waals surface area (Å²) in [7, 11) is -1.62. The van der Waals surface area contributed by atoms with E-state index >= 15 is 0 Å². The number of aryl methyl sites for hydroxylation is 1. The van der Waals surface area contributed by atoms with Gasteiger partial charge in [-0.25, -0.2) is 13.1 Å². The van der Waals surface area contributed by atoms with E-state index in [1.807, 2.05) is 32.0 Å². The van der Waals surface area contributed by atoms with Crippen LogP contribution >= 0.6 is 0 Å². The smallest absolute Gasteiger partial charge is 0.209 e. The lowest BCUT2D eigenvalue weighted by Crippen LogP contribution is -2.52. The number of hydrogen-bond acceptors (Lipinski definition) is 5. The monoisotopic (exact) mass is 414 g/mol. The molecule has 160 valence electrons. The third kappa shape index (κ3) is 9.91. The van der Waals surface area contributed by atoms with Crippen molar-refractivity contribution in [2.75, 3.05) is 39.7 Å². The van der Waals surface area contributed by atoms with Gasteiger partial charge >= 0.3 is 0 Å². The summed E-state index contributed by atoms with van der Waals surface area (Å²) in [6, 6.07) is 6.04. The van der Waals surface area contributed by atoms with Crippen LogP contribution in [-0.2, 0) is 21.3 Å². The molecule has 0 aromatic heterocycles. The summed E-state index contributed by atoms with van der Waals surface area (Å²) in [5.74, 6) is 1.38. The van der Waals surface area contributed by atoms with Crippen LogP contribution in [0.5, 0.6) is 5.75 Å². The standard InChI is InChI=1S/C19H34N4O4S/c1-7-26-10-11-27-17-12-15(2)8-9-16(17)13-21-18(20-5)22-14-19(3,4)23-28(6,24)25/h8-9,12,23H,7,10-11,13-14H2,1-6H3,(H2,20,21,22). The van der Waals surface area contributed by atoms with Crippen molar-refractivity contribution in [2.45, 2.75) is 39.8 Å². The van der Waals surface area contributed by atoms with Crippen LogP contribution in [0.3, 0.4) is 0 Å². The molecule has 0 spiro atoms. The second-order valence-electron chi connectivity index (χ2n) is 7.19. The predicted molar refractivity (Wildman–Crippen MR) is 113 cm³/mol. The van der Waals surface area contributed by atoms with Gasteiger partial charge in [-0.2, -0.15) is 0 Å². The molecule has 8 nitrogen and oxygen atoms in total. The van der Waals surface area contributed by atoms with Gasteiger partial charge in [0.05, 0.1) is 12.9 Å². The van der Waals surface area contributed by atoms with Gasteiger partial charge in [-0.3, -0.25) is 4.99 Å². The third-order valence-electron chi connectivity index (χ3n) is 3.74. The zero-order chi connectivity index (χ0) is 21.2. The van der Waals surface area contributed by atoms with Gasteiger partial charge < -0.3 is 20.1 Å². The minimum atomic E-state index is -3.29. The Morgan fingerprint density at radius 3 is 2.54 bits per heavy atom. The third-order valence-corrected chi connectivity index (χ3v) is 4.66. The number of nitrogens with one attached hydrogen (secondary N) is 3. The molecule has 0 aliphatic rings. The van der Waals surface area contributed by atoms with E-state index in [2.05, 4.69) is 20.3 Å². The van der Waals surface area contributed by atoms with Gasteiger partial charge in [0.2, 0.25) is 10.0 Å². The summed E-state index contributed by atoms with van der Waals surface area (Å²) in [6.45, 7) is 10.2. The van der Waals surface area contributed by atoms with Crippen LogP contribution in [0.2, 0.25) is 0 Å². The number of sulfonamides is 1. The molecule has 0 heterocycles. The van der Waals surface area contributed by atoms with Gasteiger partial charge in [0.25, 0.3) is 0 Å². The van der Waals surface area contributed by atoms with Gasteiger partial charge in [0.1, 0.15) is 12.4 Å². The van der Waals surface area contributed by atoms with Crippen molar-refractivity contribution in [3.8, 4) is 5.75 Å². The zero-order valence-electron chi connectivity index (χ0n) is 17.8. The highest BCUT2D eigenvalue weighted by molar-refractivity contribution is 7.88. The molecule has 0 saturated carbocycles. The molecular formula is C19H34N4O4S. The van der Waals surface area contributed by atoms with E-state index < -0.39 is 15.6 Å². The van der Waals surface area contributed by atoms with E-state index in [-0.39, 0.29) is 0 Å². The van der Waals surface area contributed by atoms with E-state index in [9.17, 15) is 8.42 Å². The van der Waals surface area contributed by atoms with Crippen molar-refractivity contribution in [1.29, 1.82) is 0 Å². The van der Waals surface area contributed by atoms with Crippen molar-refractivity contribution in [2.24, 2.45) is 4.99 Å². The summed E-state index contributed by atoms with van der Waals surface area (Å²) >= 11 is 0. The van der Waals surface area contributed by atoms with Crippen molar-refractivity contribution in [3.63, 3.8) is 0 Å². The predicted octanol–water partition coefficient (Wildman–Crippen LogP) is 1.40. The van der Waals surface area contributed by atoms with E-state index in [0.717, 1.165) is 23.1 Å². The molecule has 0 bridgehead atoms. The summed E-state index contributed by atoms with van der Waals surface area (Å²) in [5.41, 5.74) is 1.47. The lowest BCUT2D eigenvalue weighted by Gasteiger charge is -2.26. The fourth-order valence-corrected chi connectivity index (χ4v) is 3.62. The van der Waals surface area contributed by atoms with Crippen LogP contribution in [-0.4, -0.2) is 59.6 Å². The Hall–Kier alpha value is -1.84. The molecular weight excluding hydrogens is 380 g/mol. The molecule has 1 aromatic carbocycles. The van der Waals surface area contributed by atoms with Crippen LogP contribution < -0.4 is 20.1 Å². The normalized spacial score (nSPS) is 12.7. The summed E-state index contributed by atoms with van der Waals surface area (Å²) in [6.07, 6.45) is 1.15. The molecule has 1 rings (SSSR count). The number of nitrogens with zero attached hydrogens (tertiary/aromatic N) is 1. The number of benzene rings is 1. The highest BCUT2D eigenvalue weighted by Crippen LogP contribution is 2.20. The van der Waals surface area contributed by atoms with Gasteiger partial charge in [-0.15, -0.1) is 0 Å². The summed E-state index contributed by atoms with van der Waals surface area (Å²) in [5, 5.41) is 6.38. The Labute approximate surface area is 169 Å². The van der Waals surface area contributed by atoms with Crippen LogP contribution in [0, 0.1) is 6.92 Å².